The summed E-state index contributed by atoms with van der Waals surface area (Å²) in [5.74, 6) is 0.372. The third-order valence-electron chi connectivity index (χ3n) is 2.90. The Bertz CT molecular complexity index is 670. The summed E-state index contributed by atoms with van der Waals surface area (Å²) in [6.07, 6.45) is -1.63. The number of nitrogens with two attached hydrogens (primary N) is 1. The molecule has 0 spiro atoms. The zero-order valence-corrected chi connectivity index (χ0v) is 15.3. The van der Waals surface area contributed by atoms with Gasteiger partial charge in [-0.25, -0.2) is 19.8 Å². The van der Waals surface area contributed by atoms with Gasteiger partial charge in [-0.2, -0.15) is 13.2 Å². The van der Waals surface area contributed by atoms with Gasteiger partial charge in [-0.05, 0) is 31.1 Å². The number of alkyl carbamates (subject to hydrolysis) is 1. The molecule has 1 aromatic heterocycles. The first-order valence-corrected chi connectivity index (χ1v) is 8.19. The molecule has 150 valence electrons. The van der Waals surface area contributed by atoms with E-state index in [1.54, 1.807) is 0 Å². The Morgan fingerprint density at radius 2 is 2.15 bits per heavy atom. The number of unbranched alkanes of at least 4 members (excludes halogenated alkanes) is 1. The number of carbonyl (C=O) groups excluding carboxylic acids is 1. The van der Waals surface area contributed by atoms with Crippen LogP contribution in [0, 0.1) is 0 Å². The standard InChI is InChI=1S/C14H20F3N7O2S/c1-26-13(25)24-12(27)20-6-3-2-4-9-19-7-5-10(22-9)23-11(18)21-8-14(15,16)17/h5,7H,2-4,6,8H2,1H3,(H2,20,24,25,27)(H3,18,19,21,22,23). The Kier molecular flexibility index (Phi) is 9.19. The molecule has 0 aliphatic heterocycles. The van der Waals surface area contributed by atoms with E-state index in [0.717, 1.165) is 12.8 Å². The van der Waals surface area contributed by atoms with Gasteiger partial charge in [0.05, 0.1) is 7.11 Å². The predicted molar refractivity (Wildman–Crippen MR) is 97.3 cm³/mol. The Morgan fingerprint density at radius 3 is 2.81 bits per heavy atom. The van der Waals surface area contributed by atoms with E-state index in [9.17, 15) is 18.0 Å². The molecular weight excluding hydrogens is 387 g/mol. The normalized spacial score (nSPS) is 11.6. The average molecular weight is 407 g/mol. The molecular formula is C14H20F3N7O2S. The Labute approximate surface area is 159 Å². The number of methoxy groups -OCH3 is 1. The molecule has 0 aliphatic carbocycles. The number of halogens is 3. The number of ether oxygens (including phenoxy) is 1. The number of hydrogen-bond acceptors (Lipinski definition) is 6. The molecule has 0 saturated heterocycles. The molecule has 0 unspecified atom stereocenters. The fourth-order valence-corrected chi connectivity index (χ4v) is 1.92. The van der Waals surface area contributed by atoms with Crippen molar-refractivity contribution in [2.75, 3.05) is 25.5 Å². The minimum atomic E-state index is -4.42. The molecule has 27 heavy (non-hydrogen) atoms. The zero-order chi connectivity index (χ0) is 20.3. The number of aromatic nitrogens is 2. The van der Waals surface area contributed by atoms with Crippen LogP contribution in [0.25, 0.3) is 0 Å². The van der Waals surface area contributed by atoms with Crippen molar-refractivity contribution < 1.29 is 22.7 Å². The number of nitrogens with one attached hydrogen (secondary N) is 3. The summed E-state index contributed by atoms with van der Waals surface area (Å²) in [7, 11) is 1.23. The molecule has 1 amide bonds. The Hall–Kier alpha value is -2.70. The smallest absolute Gasteiger partial charge is 0.413 e. The number of nitrogens with zero attached hydrogens (tertiary/aromatic N) is 3. The van der Waals surface area contributed by atoms with Crippen LogP contribution in [0.5, 0.6) is 0 Å². The first-order valence-electron chi connectivity index (χ1n) is 7.78. The molecule has 1 aromatic rings. The zero-order valence-electron chi connectivity index (χ0n) is 14.5. The maximum absolute atomic E-state index is 12.1. The van der Waals surface area contributed by atoms with Gasteiger partial charge in [0.25, 0.3) is 0 Å². The number of carbonyl (C=O) groups is 1. The highest BCUT2D eigenvalue weighted by Crippen LogP contribution is 2.14. The van der Waals surface area contributed by atoms with Gasteiger partial charge in [-0.15, -0.1) is 0 Å². The number of thiocarbonyl (C=S) groups is 1. The molecule has 0 aliphatic rings. The van der Waals surface area contributed by atoms with Crippen LogP contribution in [-0.2, 0) is 11.2 Å². The molecule has 1 heterocycles. The van der Waals surface area contributed by atoms with Gasteiger partial charge in [-0.1, -0.05) is 0 Å². The summed E-state index contributed by atoms with van der Waals surface area (Å²) in [4.78, 5) is 22.4. The highest BCUT2D eigenvalue weighted by Gasteiger charge is 2.26. The molecule has 0 radical (unpaired) electrons. The van der Waals surface area contributed by atoms with Crippen molar-refractivity contribution in [2.24, 2.45) is 10.7 Å². The molecule has 5 N–H and O–H groups in total. The SMILES string of the molecule is COC(=O)NC(=S)NCCCCc1nccc(NC(N)=NCC(F)(F)F)n1. The second-order valence-corrected chi connectivity index (χ2v) is 5.54. The predicted octanol–water partition coefficient (Wildman–Crippen LogP) is 1.32. The lowest BCUT2D eigenvalue weighted by molar-refractivity contribution is -0.118. The maximum Gasteiger partial charge on any atom is 0.413 e. The number of guanidine groups is 1. The second-order valence-electron chi connectivity index (χ2n) is 5.13. The number of aliphatic imine (C=N–C) groups is 1. The molecule has 0 aromatic carbocycles. The minimum Gasteiger partial charge on any atom is -0.453 e. The van der Waals surface area contributed by atoms with E-state index in [4.69, 9.17) is 18.0 Å². The maximum atomic E-state index is 12.1. The van der Waals surface area contributed by atoms with Crippen LogP contribution in [0.15, 0.2) is 17.3 Å². The first-order chi connectivity index (χ1) is 12.7. The van der Waals surface area contributed by atoms with Crippen LogP contribution in [0.4, 0.5) is 23.8 Å². The highest BCUT2D eigenvalue weighted by atomic mass is 32.1. The third kappa shape index (κ3) is 10.8. The van der Waals surface area contributed by atoms with Gasteiger partial charge < -0.3 is 21.1 Å². The molecule has 1 rings (SSSR count). The molecule has 0 fully saturated rings. The topological polar surface area (TPSA) is 127 Å². The number of alkyl halides is 3. The van der Waals surface area contributed by atoms with E-state index in [1.165, 1.54) is 19.4 Å². The molecule has 0 saturated carbocycles. The summed E-state index contributed by atoms with van der Waals surface area (Å²) in [5, 5.41) is 7.81. The van der Waals surface area contributed by atoms with Crippen LogP contribution < -0.4 is 21.7 Å². The van der Waals surface area contributed by atoms with Crippen molar-refractivity contribution in [1.29, 1.82) is 0 Å². The largest absolute Gasteiger partial charge is 0.453 e. The first kappa shape index (κ1) is 22.3. The van der Waals surface area contributed by atoms with E-state index < -0.39 is 18.8 Å². The number of anilines is 1. The van der Waals surface area contributed by atoms with Crippen LogP contribution in [0.1, 0.15) is 18.7 Å². The lowest BCUT2D eigenvalue weighted by Crippen LogP contribution is -2.39. The van der Waals surface area contributed by atoms with Gasteiger partial charge in [0.2, 0.25) is 0 Å². The van der Waals surface area contributed by atoms with Gasteiger partial charge in [-0.3, -0.25) is 5.32 Å². The lowest BCUT2D eigenvalue weighted by atomic mass is 10.2. The average Bonchev–Trinajstić information content (AvgIpc) is 2.59. The molecule has 9 nitrogen and oxygen atoms in total. The highest BCUT2D eigenvalue weighted by molar-refractivity contribution is 7.80. The quantitative estimate of drug-likeness (QED) is 0.231. The lowest BCUT2D eigenvalue weighted by Gasteiger charge is -2.09. The van der Waals surface area contributed by atoms with Crippen LogP contribution >= 0.6 is 12.2 Å². The molecule has 0 bridgehead atoms. The molecule has 0 atom stereocenters. The third-order valence-corrected chi connectivity index (χ3v) is 3.15. The Balaban J connectivity index is 2.36. The fraction of sp³-hybridized carbons (Fsp3) is 0.500. The van der Waals surface area contributed by atoms with Crippen molar-refractivity contribution in [2.45, 2.75) is 25.4 Å². The van der Waals surface area contributed by atoms with Crippen LogP contribution in [0.3, 0.4) is 0 Å². The number of hydrogen-bond donors (Lipinski definition) is 4. The van der Waals surface area contributed by atoms with Gasteiger partial charge in [0, 0.05) is 19.2 Å². The second kappa shape index (κ2) is 11.1. The molecule has 13 heteroatoms. The van der Waals surface area contributed by atoms with Crippen molar-refractivity contribution >= 4 is 35.2 Å². The number of rotatable bonds is 7. The van der Waals surface area contributed by atoms with E-state index in [-0.39, 0.29) is 16.9 Å². The van der Waals surface area contributed by atoms with Gasteiger partial charge in [0.15, 0.2) is 11.1 Å². The summed E-state index contributed by atoms with van der Waals surface area (Å²) in [6.45, 7) is -0.846. The van der Waals surface area contributed by atoms with E-state index in [0.29, 0.717) is 18.8 Å². The van der Waals surface area contributed by atoms with Crippen molar-refractivity contribution in [1.82, 2.24) is 20.6 Å². The Morgan fingerprint density at radius 1 is 1.41 bits per heavy atom. The van der Waals surface area contributed by atoms with Crippen molar-refractivity contribution in [3.8, 4) is 0 Å². The van der Waals surface area contributed by atoms with Gasteiger partial charge in [0.1, 0.15) is 18.2 Å². The van der Waals surface area contributed by atoms with Crippen LogP contribution in [-0.4, -0.2) is 53.5 Å². The number of aryl methyl sites for hydroxylation is 1. The monoisotopic (exact) mass is 407 g/mol. The van der Waals surface area contributed by atoms with E-state index >= 15 is 0 Å². The number of amides is 1. The van der Waals surface area contributed by atoms with Crippen molar-refractivity contribution in [3.63, 3.8) is 0 Å². The fourth-order valence-electron chi connectivity index (χ4n) is 1.73. The van der Waals surface area contributed by atoms with Gasteiger partial charge >= 0.3 is 12.3 Å². The van der Waals surface area contributed by atoms with E-state index in [1.807, 2.05) is 0 Å². The summed E-state index contributed by atoms with van der Waals surface area (Å²) in [6, 6.07) is 1.47. The summed E-state index contributed by atoms with van der Waals surface area (Å²) in [5.41, 5.74) is 5.39. The summed E-state index contributed by atoms with van der Waals surface area (Å²) < 4.78 is 40.7. The summed E-state index contributed by atoms with van der Waals surface area (Å²) >= 11 is 4.89. The van der Waals surface area contributed by atoms with Crippen LogP contribution in [0.2, 0.25) is 0 Å². The van der Waals surface area contributed by atoms with Crippen molar-refractivity contribution in [3.05, 3.63) is 18.1 Å². The van der Waals surface area contributed by atoms with E-state index in [2.05, 4.69) is 35.6 Å². The minimum absolute atomic E-state index is 0.165.